The number of nitrogens with zero attached hydrogens (tertiary/aromatic N) is 3. The van der Waals surface area contributed by atoms with Gasteiger partial charge in [-0.1, -0.05) is 17.3 Å². The summed E-state index contributed by atoms with van der Waals surface area (Å²) in [6.45, 7) is 0. The monoisotopic (exact) mass is 260 g/mol. The molecule has 0 saturated carbocycles. The van der Waals surface area contributed by atoms with Crippen molar-refractivity contribution in [1.82, 2.24) is 15.0 Å². The van der Waals surface area contributed by atoms with Crippen LogP contribution in [0.15, 0.2) is 41.8 Å². The summed E-state index contributed by atoms with van der Waals surface area (Å²) in [7, 11) is 0. The summed E-state index contributed by atoms with van der Waals surface area (Å²) in [4.78, 5) is 0.940. The Bertz CT molecular complexity index is 675. The molecule has 2 N–H and O–H groups in total. The molecule has 3 aromatic rings. The molecule has 0 saturated heterocycles. The smallest absolute Gasteiger partial charge is 0.156 e. The fourth-order valence-electron chi connectivity index (χ4n) is 1.68. The standard InChI is InChI=1S/C12H9FN4S/c13-8-3-1-4-9(7-8)17-12(14)11(15-16-17)10-5-2-6-18-10/h1-7H,14H2. The second kappa shape index (κ2) is 4.23. The van der Waals surface area contributed by atoms with Crippen LogP contribution in [0.25, 0.3) is 16.3 Å². The number of hydrogen-bond donors (Lipinski definition) is 1. The van der Waals surface area contributed by atoms with Gasteiger partial charge in [-0.2, -0.15) is 4.68 Å². The van der Waals surface area contributed by atoms with Crippen molar-refractivity contribution in [3.8, 4) is 16.3 Å². The number of nitrogen functional groups attached to an aromatic ring is 1. The molecule has 0 fully saturated rings. The minimum atomic E-state index is -0.333. The van der Waals surface area contributed by atoms with Gasteiger partial charge in [0.1, 0.15) is 11.5 Å². The third-order valence-corrected chi connectivity index (χ3v) is 3.39. The van der Waals surface area contributed by atoms with Crippen molar-refractivity contribution >= 4 is 17.2 Å². The SMILES string of the molecule is Nc1c(-c2cccs2)nnn1-c1cccc(F)c1. The van der Waals surface area contributed by atoms with Crippen LogP contribution in [0.2, 0.25) is 0 Å². The van der Waals surface area contributed by atoms with E-state index in [9.17, 15) is 4.39 Å². The van der Waals surface area contributed by atoms with Crippen LogP contribution in [0.5, 0.6) is 0 Å². The van der Waals surface area contributed by atoms with Crippen LogP contribution >= 0.6 is 11.3 Å². The number of halogens is 1. The maximum Gasteiger partial charge on any atom is 0.156 e. The summed E-state index contributed by atoms with van der Waals surface area (Å²) >= 11 is 1.53. The number of anilines is 1. The Morgan fingerprint density at radius 3 is 2.83 bits per heavy atom. The van der Waals surface area contributed by atoms with Crippen LogP contribution in [0, 0.1) is 5.82 Å². The summed E-state index contributed by atoms with van der Waals surface area (Å²) in [5.74, 6) is 0.0723. The molecule has 90 valence electrons. The van der Waals surface area contributed by atoms with E-state index in [4.69, 9.17) is 5.73 Å². The summed E-state index contributed by atoms with van der Waals surface area (Å²) in [5, 5.41) is 9.95. The van der Waals surface area contributed by atoms with Crippen molar-refractivity contribution in [1.29, 1.82) is 0 Å². The molecule has 0 unspecified atom stereocenters. The average Bonchev–Trinajstić information content (AvgIpc) is 2.97. The molecule has 4 nitrogen and oxygen atoms in total. The maximum absolute atomic E-state index is 13.2. The molecular weight excluding hydrogens is 251 g/mol. The average molecular weight is 260 g/mol. The lowest BCUT2D eigenvalue weighted by Gasteiger charge is -2.02. The first-order valence-electron chi connectivity index (χ1n) is 5.27. The number of nitrogens with two attached hydrogens (primary N) is 1. The fraction of sp³-hybridized carbons (Fsp3) is 0. The zero-order valence-electron chi connectivity index (χ0n) is 9.25. The molecule has 0 bridgehead atoms. The summed E-state index contributed by atoms with van der Waals surface area (Å²) < 4.78 is 14.6. The summed E-state index contributed by atoms with van der Waals surface area (Å²) in [6.07, 6.45) is 0. The number of rotatable bonds is 2. The van der Waals surface area contributed by atoms with E-state index in [1.54, 1.807) is 12.1 Å². The van der Waals surface area contributed by atoms with Gasteiger partial charge in [-0.3, -0.25) is 0 Å². The molecule has 0 aliphatic heterocycles. The zero-order valence-corrected chi connectivity index (χ0v) is 10.1. The molecule has 6 heteroatoms. The van der Waals surface area contributed by atoms with Crippen molar-refractivity contribution in [2.24, 2.45) is 0 Å². The van der Waals surface area contributed by atoms with Gasteiger partial charge in [-0.15, -0.1) is 16.4 Å². The quantitative estimate of drug-likeness (QED) is 0.770. The highest BCUT2D eigenvalue weighted by atomic mass is 32.1. The Hall–Kier alpha value is -2.21. The van der Waals surface area contributed by atoms with Gasteiger partial charge in [-0.05, 0) is 29.6 Å². The molecule has 2 heterocycles. The van der Waals surface area contributed by atoms with Gasteiger partial charge in [0.25, 0.3) is 0 Å². The first kappa shape index (κ1) is 10.9. The fourth-order valence-corrected chi connectivity index (χ4v) is 2.39. The Morgan fingerprint density at radius 1 is 1.22 bits per heavy atom. The van der Waals surface area contributed by atoms with Crippen LogP contribution in [0.1, 0.15) is 0 Å². The van der Waals surface area contributed by atoms with Gasteiger partial charge < -0.3 is 5.73 Å². The highest BCUT2D eigenvalue weighted by Gasteiger charge is 2.13. The van der Waals surface area contributed by atoms with Crippen molar-refractivity contribution in [3.63, 3.8) is 0 Å². The van der Waals surface area contributed by atoms with Crippen LogP contribution < -0.4 is 5.73 Å². The Kier molecular flexibility index (Phi) is 2.56. The van der Waals surface area contributed by atoms with E-state index >= 15 is 0 Å². The van der Waals surface area contributed by atoms with Crippen molar-refractivity contribution in [3.05, 3.63) is 47.6 Å². The third kappa shape index (κ3) is 1.76. The van der Waals surface area contributed by atoms with E-state index in [1.807, 2.05) is 17.5 Å². The molecule has 0 aliphatic rings. The number of hydrogen-bond acceptors (Lipinski definition) is 4. The van der Waals surface area contributed by atoms with E-state index in [-0.39, 0.29) is 5.82 Å². The van der Waals surface area contributed by atoms with Gasteiger partial charge >= 0.3 is 0 Å². The predicted molar refractivity (Wildman–Crippen MR) is 69.0 cm³/mol. The topological polar surface area (TPSA) is 56.7 Å². The molecule has 0 amide bonds. The van der Waals surface area contributed by atoms with Gasteiger partial charge in [0, 0.05) is 0 Å². The normalized spacial score (nSPS) is 10.7. The van der Waals surface area contributed by atoms with Crippen molar-refractivity contribution < 1.29 is 4.39 Å². The lowest BCUT2D eigenvalue weighted by Crippen LogP contribution is -2.02. The Labute approximate surface area is 106 Å². The Balaban J connectivity index is 2.10. The van der Waals surface area contributed by atoms with E-state index in [2.05, 4.69) is 10.3 Å². The minimum absolute atomic E-state index is 0.333. The predicted octanol–water partition coefficient (Wildman–Crippen LogP) is 2.72. The first-order valence-corrected chi connectivity index (χ1v) is 6.14. The van der Waals surface area contributed by atoms with E-state index in [0.29, 0.717) is 17.2 Å². The molecule has 0 spiro atoms. The summed E-state index contributed by atoms with van der Waals surface area (Å²) in [6, 6.07) is 9.91. The van der Waals surface area contributed by atoms with Gasteiger partial charge in [0.2, 0.25) is 0 Å². The summed E-state index contributed by atoms with van der Waals surface area (Å²) in [5.41, 5.74) is 7.18. The number of thiophene rings is 1. The van der Waals surface area contributed by atoms with E-state index in [1.165, 1.54) is 28.2 Å². The molecule has 1 aromatic carbocycles. The van der Waals surface area contributed by atoms with Crippen LogP contribution in [-0.4, -0.2) is 15.0 Å². The van der Waals surface area contributed by atoms with Gasteiger partial charge in [0.05, 0.1) is 10.6 Å². The van der Waals surface area contributed by atoms with Crippen LogP contribution in [0.4, 0.5) is 10.2 Å². The maximum atomic E-state index is 13.2. The highest BCUT2D eigenvalue weighted by Crippen LogP contribution is 2.28. The molecule has 0 atom stereocenters. The zero-order chi connectivity index (χ0) is 12.5. The molecule has 0 aliphatic carbocycles. The largest absolute Gasteiger partial charge is 0.382 e. The minimum Gasteiger partial charge on any atom is -0.382 e. The van der Waals surface area contributed by atoms with Gasteiger partial charge in [0.15, 0.2) is 5.82 Å². The van der Waals surface area contributed by atoms with E-state index < -0.39 is 0 Å². The molecule has 2 aromatic heterocycles. The molecule has 0 radical (unpaired) electrons. The van der Waals surface area contributed by atoms with Gasteiger partial charge in [-0.25, -0.2) is 4.39 Å². The second-order valence-corrected chi connectivity index (χ2v) is 4.64. The Morgan fingerprint density at radius 2 is 2.11 bits per heavy atom. The van der Waals surface area contributed by atoms with Crippen LogP contribution in [0.3, 0.4) is 0 Å². The molecule has 18 heavy (non-hydrogen) atoms. The lowest BCUT2D eigenvalue weighted by atomic mass is 10.3. The van der Waals surface area contributed by atoms with E-state index in [0.717, 1.165) is 4.88 Å². The van der Waals surface area contributed by atoms with Crippen LogP contribution in [-0.2, 0) is 0 Å². The van der Waals surface area contributed by atoms with Crippen molar-refractivity contribution in [2.45, 2.75) is 0 Å². The molecule has 3 rings (SSSR count). The first-order chi connectivity index (χ1) is 8.75. The van der Waals surface area contributed by atoms with Crippen molar-refractivity contribution in [2.75, 3.05) is 5.73 Å². The lowest BCUT2D eigenvalue weighted by molar-refractivity contribution is 0.625. The number of benzene rings is 1. The third-order valence-electron chi connectivity index (χ3n) is 2.51. The highest BCUT2D eigenvalue weighted by molar-refractivity contribution is 7.13. The number of aromatic nitrogens is 3. The second-order valence-electron chi connectivity index (χ2n) is 3.69. The molecular formula is C12H9FN4S.